The van der Waals surface area contributed by atoms with E-state index in [9.17, 15) is 4.79 Å². The van der Waals surface area contributed by atoms with Crippen LogP contribution in [0.4, 0.5) is 5.69 Å². The molecular formula is C20H20N4O3. The maximum atomic E-state index is 12.8. The second-order valence-corrected chi connectivity index (χ2v) is 6.87. The molecule has 27 heavy (non-hydrogen) atoms. The van der Waals surface area contributed by atoms with Crippen LogP contribution in [0.15, 0.2) is 36.4 Å². The molecule has 0 saturated carbocycles. The van der Waals surface area contributed by atoms with E-state index < -0.39 is 0 Å². The number of fused-ring (bicyclic) bond motifs is 2. The topological polar surface area (TPSA) is 70.7 Å². The van der Waals surface area contributed by atoms with Crippen LogP contribution in [0.5, 0.6) is 11.5 Å². The molecule has 3 heterocycles. The Bertz CT molecular complexity index is 1020. The van der Waals surface area contributed by atoms with Gasteiger partial charge in [0.25, 0.3) is 5.91 Å². The van der Waals surface area contributed by atoms with Gasteiger partial charge >= 0.3 is 0 Å². The van der Waals surface area contributed by atoms with Gasteiger partial charge in [-0.3, -0.25) is 4.79 Å². The van der Waals surface area contributed by atoms with E-state index in [0.29, 0.717) is 30.2 Å². The Morgan fingerprint density at radius 3 is 2.70 bits per heavy atom. The number of imidazole rings is 1. The van der Waals surface area contributed by atoms with Gasteiger partial charge in [0.05, 0.1) is 11.0 Å². The molecular weight excluding hydrogens is 344 g/mol. The van der Waals surface area contributed by atoms with Gasteiger partial charge in [-0.25, -0.2) is 4.98 Å². The number of nitrogens with zero attached hydrogens (tertiary/aromatic N) is 3. The third-order valence-electron chi connectivity index (χ3n) is 5.14. The van der Waals surface area contributed by atoms with Gasteiger partial charge in [0.2, 0.25) is 6.79 Å². The lowest BCUT2D eigenvalue weighted by molar-refractivity contribution is 0.0746. The molecule has 2 aromatic carbocycles. The highest BCUT2D eigenvalue weighted by Crippen LogP contribution is 2.33. The van der Waals surface area contributed by atoms with Crippen molar-refractivity contribution >= 4 is 22.6 Å². The average Bonchev–Trinajstić information content (AvgIpc) is 3.31. The fraction of sp³-hybridized carbons (Fsp3) is 0.300. The number of H-pyrrole nitrogens is 1. The normalized spacial score (nSPS) is 16.2. The lowest BCUT2D eigenvalue weighted by Gasteiger charge is -2.36. The average molecular weight is 364 g/mol. The molecule has 0 radical (unpaired) electrons. The molecule has 5 rings (SSSR count). The Labute approximate surface area is 156 Å². The summed E-state index contributed by atoms with van der Waals surface area (Å²) >= 11 is 0. The number of amides is 1. The zero-order valence-electron chi connectivity index (χ0n) is 15.1. The Morgan fingerprint density at radius 2 is 1.85 bits per heavy atom. The summed E-state index contributed by atoms with van der Waals surface area (Å²) in [5.41, 5.74) is 3.82. The number of carbonyl (C=O) groups excluding carboxylic acids is 1. The summed E-state index contributed by atoms with van der Waals surface area (Å²) in [6.45, 7) is 5.15. The zero-order chi connectivity index (χ0) is 18.4. The molecule has 2 aliphatic rings. The number of piperazine rings is 1. The van der Waals surface area contributed by atoms with Crippen molar-refractivity contribution in [3.8, 4) is 11.5 Å². The number of benzene rings is 2. The molecule has 1 amide bonds. The number of hydrogen-bond acceptors (Lipinski definition) is 5. The van der Waals surface area contributed by atoms with E-state index in [4.69, 9.17) is 9.47 Å². The molecule has 3 aromatic rings. The van der Waals surface area contributed by atoms with Crippen molar-refractivity contribution in [1.29, 1.82) is 0 Å². The van der Waals surface area contributed by atoms with Crippen molar-refractivity contribution in [3.05, 3.63) is 47.8 Å². The van der Waals surface area contributed by atoms with Crippen LogP contribution in [0.2, 0.25) is 0 Å². The van der Waals surface area contributed by atoms with Crippen LogP contribution in [0.25, 0.3) is 11.0 Å². The van der Waals surface area contributed by atoms with Gasteiger partial charge in [0, 0.05) is 37.4 Å². The van der Waals surface area contributed by atoms with Crippen LogP contribution in [-0.2, 0) is 0 Å². The smallest absolute Gasteiger partial charge is 0.254 e. The summed E-state index contributed by atoms with van der Waals surface area (Å²) in [7, 11) is 0. The molecule has 138 valence electrons. The van der Waals surface area contributed by atoms with E-state index >= 15 is 0 Å². The Morgan fingerprint density at radius 1 is 1.04 bits per heavy atom. The Hall–Kier alpha value is -3.22. The van der Waals surface area contributed by atoms with Crippen LogP contribution in [-0.4, -0.2) is 53.7 Å². The molecule has 0 atom stereocenters. The molecule has 7 nitrogen and oxygen atoms in total. The highest BCUT2D eigenvalue weighted by Gasteiger charge is 2.24. The third kappa shape index (κ3) is 2.85. The maximum Gasteiger partial charge on any atom is 0.254 e. The first-order valence-corrected chi connectivity index (χ1v) is 9.08. The summed E-state index contributed by atoms with van der Waals surface area (Å²) in [6.07, 6.45) is 0. The number of ether oxygens (including phenoxy) is 2. The van der Waals surface area contributed by atoms with E-state index in [1.54, 1.807) is 18.2 Å². The van der Waals surface area contributed by atoms with Crippen LogP contribution in [0.1, 0.15) is 16.2 Å². The molecule has 0 unspecified atom stereocenters. The van der Waals surface area contributed by atoms with Crippen molar-refractivity contribution in [3.63, 3.8) is 0 Å². The first-order chi connectivity index (χ1) is 13.2. The van der Waals surface area contributed by atoms with Gasteiger partial charge in [-0.05, 0) is 43.3 Å². The Kier molecular flexibility index (Phi) is 3.67. The van der Waals surface area contributed by atoms with Crippen LogP contribution in [0, 0.1) is 6.92 Å². The maximum absolute atomic E-state index is 12.8. The van der Waals surface area contributed by atoms with Crippen molar-refractivity contribution < 1.29 is 14.3 Å². The molecule has 1 aromatic heterocycles. The first kappa shape index (κ1) is 16.0. The number of hydrogen-bond donors (Lipinski definition) is 1. The van der Waals surface area contributed by atoms with E-state index in [1.165, 1.54) is 0 Å². The van der Waals surface area contributed by atoms with Crippen molar-refractivity contribution in [2.45, 2.75) is 6.92 Å². The number of rotatable bonds is 2. The molecule has 2 aliphatic heterocycles. The summed E-state index contributed by atoms with van der Waals surface area (Å²) in [5.74, 6) is 2.29. The van der Waals surface area contributed by atoms with Gasteiger partial charge in [-0.15, -0.1) is 0 Å². The molecule has 1 saturated heterocycles. The van der Waals surface area contributed by atoms with E-state index in [0.717, 1.165) is 35.6 Å². The fourth-order valence-electron chi connectivity index (χ4n) is 3.70. The fourth-order valence-corrected chi connectivity index (χ4v) is 3.70. The number of nitrogens with one attached hydrogen (secondary N) is 1. The number of carbonyl (C=O) groups is 1. The van der Waals surface area contributed by atoms with Crippen LogP contribution >= 0.6 is 0 Å². The van der Waals surface area contributed by atoms with E-state index in [1.807, 2.05) is 17.9 Å². The molecule has 1 N–H and O–H groups in total. The molecule has 1 fully saturated rings. The molecule has 7 heteroatoms. The van der Waals surface area contributed by atoms with Crippen LogP contribution < -0.4 is 14.4 Å². The third-order valence-corrected chi connectivity index (χ3v) is 5.14. The van der Waals surface area contributed by atoms with E-state index in [-0.39, 0.29) is 12.7 Å². The van der Waals surface area contributed by atoms with Crippen molar-refractivity contribution in [2.75, 3.05) is 37.9 Å². The van der Waals surface area contributed by atoms with Gasteiger partial charge in [0.15, 0.2) is 11.5 Å². The Balaban J connectivity index is 1.28. The lowest BCUT2D eigenvalue weighted by Crippen LogP contribution is -2.48. The summed E-state index contributed by atoms with van der Waals surface area (Å²) in [5, 5.41) is 0. The minimum absolute atomic E-state index is 0.0348. The van der Waals surface area contributed by atoms with Crippen LogP contribution in [0.3, 0.4) is 0 Å². The van der Waals surface area contributed by atoms with Gasteiger partial charge in [-0.1, -0.05) is 0 Å². The first-order valence-electron chi connectivity index (χ1n) is 9.08. The van der Waals surface area contributed by atoms with Crippen molar-refractivity contribution in [2.24, 2.45) is 0 Å². The number of aromatic amines is 1. The van der Waals surface area contributed by atoms with Gasteiger partial charge < -0.3 is 24.3 Å². The predicted octanol–water partition coefficient (Wildman–Crippen LogP) is 2.56. The minimum Gasteiger partial charge on any atom is -0.454 e. The second-order valence-electron chi connectivity index (χ2n) is 6.87. The van der Waals surface area contributed by atoms with E-state index in [2.05, 4.69) is 27.0 Å². The molecule has 0 aliphatic carbocycles. The summed E-state index contributed by atoms with van der Waals surface area (Å²) in [4.78, 5) is 24.7. The number of aryl methyl sites for hydroxylation is 1. The van der Waals surface area contributed by atoms with Gasteiger partial charge in [0.1, 0.15) is 5.82 Å². The number of anilines is 1. The summed E-state index contributed by atoms with van der Waals surface area (Å²) in [6, 6.07) is 11.6. The molecule has 0 spiro atoms. The quantitative estimate of drug-likeness (QED) is 0.757. The largest absolute Gasteiger partial charge is 0.454 e. The molecule has 0 bridgehead atoms. The minimum atomic E-state index is 0.0348. The lowest BCUT2D eigenvalue weighted by atomic mass is 10.1. The predicted molar refractivity (Wildman–Crippen MR) is 102 cm³/mol. The standard InChI is InChI=1S/C20H20N4O3/c1-13-21-16-4-3-15(11-17(16)22-13)23-6-8-24(9-7-23)20(25)14-2-5-18-19(10-14)27-12-26-18/h2-5,10-11H,6-9,12H2,1H3,(H,21,22). The van der Waals surface area contributed by atoms with Gasteiger partial charge in [-0.2, -0.15) is 0 Å². The SMILES string of the molecule is Cc1nc2ccc(N3CCN(C(=O)c4ccc5c(c4)OCO5)CC3)cc2[nH]1. The summed E-state index contributed by atoms with van der Waals surface area (Å²) < 4.78 is 10.7. The zero-order valence-corrected chi connectivity index (χ0v) is 15.1. The highest BCUT2D eigenvalue weighted by molar-refractivity contribution is 5.95. The van der Waals surface area contributed by atoms with Crippen molar-refractivity contribution in [1.82, 2.24) is 14.9 Å². The monoisotopic (exact) mass is 364 g/mol. The second kappa shape index (κ2) is 6.19. The number of aromatic nitrogens is 2. The highest BCUT2D eigenvalue weighted by atomic mass is 16.7.